The first kappa shape index (κ1) is 18.7. The van der Waals surface area contributed by atoms with Crippen LogP contribution in [0.25, 0.3) is 0 Å². The predicted molar refractivity (Wildman–Crippen MR) is 77.5 cm³/mol. The van der Waals surface area contributed by atoms with E-state index >= 15 is 0 Å². The van der Waals surface area contributed by atoms with E-state index in [2.05, 4.69) is 10.1 Å². The SMILES string of the molecule is COc1cc(OC(F)(F)F)ccc1[C@H](CC(F)F)N1CCNCC1. The number of nitrogens with zero attached hydrogens (tertiary/aromatic N) is 1. The lowest BCUT2D eigenvalue weighted by molar-refractivity contribution is -0.274. The molecule has 0 aromatic heterocycles. The van der Waals surface area contributed by atoms with E-state index in [1.165, 1.54) is 13.2 Å². The van der Waals surface area contributed by atoms with E-state index in [1.54, 1.807) is 0 Å². The average Bonchev–Trinajstić information content (AvgIpc) is 2.52. The third-order valence-corrected chi connectivity index (χ3v) is 3.79. The fourth-order valence-corrected chi connectivity index (χ4v) is 2.80. The zero-order valence-electron chi connectivity index (χ0n) is 13.1. The van der Waals surface area contributed by atoms with Crippen LogP contribution in [0.15, 0.2) is 18.2 Å². The van der Waals surface area contributed by atoms with Gasteiger partial charge in [0.25, 0.3) is 0 Å². The van der Waals surface area contributed by atoms with Crippen molar-refractivity contribution in [3.8, 4) is 11.5 Å². The molecule has 0 bridgehead atoms. The standard InChI is InChI=1S/C15H19F5N2O2/c1-23-13-8-10(24-15(18,19)20)2-3-11(13)12(9-14(16)17)22-6-4-21-5-7-22/h2-3,8,12,14,21H,4-7,9H2,1H3/t12-/m0/s1. The van der Waals surface area contributed by atoms with E-state index in [4.69, 9.17) is 4.74 Å². The smallest absolute Gasteiger partial charge is 0.496 e. The molecule has 9 heteroatoms. The quantitative estimate of drug-likeness (QED) is 0.796. The third kappa shape index (κ3) is 5.20. The summed E-state index contributed by atoms with van der Waals surface area (Å²) in [6, 6.07) is 2.91. The van der Waals surface area contributed by atoms with Crippen molar-refractivity contribution in [3.63, 3.8) is 0 Å². The van der Waals surface area contributed by atoms with Crippen molar-refractivity contribution in [2.45, 2.75) is 25.3 Å². The van der Waals surface area contributed by atoms with Crippen LogP contribution in [0.1, 0.15) is 18.0 Å². The highest BCUT2D eigenvalue weighted by Gasteiger charge is 2.32. The fourth-order valence-electron chi connectivity index (χ4n) is 2.80. The minimum Gasteiger partial charge on any atom is -0.496 e. The summed E-state index contributed by atoms with van der Waals surface area (Å²) in [5, 5.41) is 3.13. The van der Waals surface area contributed by atoms with E-state index in [9.17, 15) is 22.0 Å². The minimum atomic E-state index is -4.83. The lowest BCUT2D eigenvalue weighted by atomic mass is 10.00. The fraction of sp³-hybridized carbons (Fsp3) is 0.600. The van der Waals surface area contributed by atoms with E-state index in [0.717, 1.165) is 12.1 Å². The Bertz CT molecular complexity index is 533. The van der Waals surface area contributed by atoms with Crippen LogP contribution in [-0.2, 0) is 0 Å². The summed E-state index contributed by atoms with van der Waals surface area (Å²) in [6.45, 7) is 2.47. The monoisotopic (exact) mass is 354 g/mol. The highest BCUT2D eigenvalue weighted by Crippen LogP contribution is 2.37. The third-order valence-electron chi connectivity index (χ3n) is 3.79. The Balaban J connectivity index is 2.30. The molecule has 0 aliphatic carbocycles. The Kier molecular flexibility index (Phi) is 6.22. The number of ether oxygens (including phenoxy) is 2. The van der Waals surface area contributed by atoms with Crippen LogP contribution in [0.4, 0.5) is 22.0 Å². The van der Waals surface area contributed by atoms with Gasteiger partial charge in [-0.15, -0.1) is 13.2 Å². The number of benzene rings is 1. The maximum absolute atomic E-state index is 13.0. The number of piperazine rings is 1. The van der Waals surface area contributed by atoms with Crippen LogP contribution in [-0.4, -0.2) is 51.0 Å². The van der Waals surface area contributed by atoms with E-state index in [1.807, 2.05) is 4.90 Å². The number of methoxy groups -OCH3 is 1. The molecule has 1 aromatic carbocycles. The van der Waals surface area contributed by atoms with E-state index in [-0.39, 0.29) is 5.75 Å². The summed E-state index contributed by atoms with van der Waals surface area (Å²) in [6.07, 6.45) is -7.79. The van der Waals surface area contributed by atoms with Gasteiger partial charge in [-0.25, -0.2) is 8.78 Å². The summed E-state index contributed by atoms with van der Waals surface area (Å²) in [4.78, 5) is 1.88. The number of hydrogen-bond donors (Lipinski definition) is 1. The maximum atomic E-state index is 13.0. The van der Waals surface area contributed by atoms with Crippen molar-refractivity contribution < 1.29 is 31.4 Å². The van der Waals surface area contributed by atoms with Crippen molar-refractivity contribution in [3.05, 3.63) is 23.8 Å². The molecule has 136 valence electrons. The molecule has 1 N–H and O–H groups in total. The number of nitrogens with one attached hydrogen (secondary N) is 1. The zero-order valence-corrected chi connectivity index (χ0v) is 13.1. The molecule has 1 saturated heterocycles. The second-order valence-electron chi connectivity index (χ2n) is 5.38. The summed E-state index contributed by atoms with van der Waals surface area (Å²) in [5.41, 5.74) is 0.425. The van der Waals surface area contributed by atoms with Gasteiger partial charge in [-0.1, -0.05) is 6.07 Å². The summed E-state index contributed by atoms with van der Waals surface area (Å²) in [5.74, 6) is -0.347. The molecule has 24 heavy (non-hydrogen) atoms. The molecule has 0 amide bonds. The van der Waals surface area contributed by atoms with Crippen LogP contribution in [0.3, 0.4) is 0 Å². The molecule has 1 fully saturated rings. The molecule has 1 atom stereocenters. The lowest BCUT2D eigenvalue weighted by Crippen LogP contribution is -2.45. The molecule has 0 spiro atoms. The van der Waals surface area contributed by atoms with Crippen molar-refractivity contribution in [2.24, 2.45) is 0 Å². The first-order valence-corrected chi connectivity index (χ1v) is 7.46. The molecular formula is C15H19F5N2O2. The molecule has 0 radical (unpaired) electrons. The Morgan fingerprint density at radius 3 is 2.42 bits per heavy atom. The molecule has 0 saturated carbocycles. The molecular weight excluding hydrogens is 335 g/mol. The second kappa shape index (κ2) is 7.98. The van der Waals surface area contributed by atoms with Crippen LogP contribution in [0.2, 0.25) is 0 Å². The van der Waals surface area contributed by atoms with Gasteiger partial charge in [0.15, 0.2) is 0 Å². The summed E-state index contributed by atoms with van der Waals surface area (Å²) in [7, 11) is 1.29. The first-order chi connectivity index (χ1) is 11.3. The van der Waals surface area contributed by atoms with Crippen LogP contribution in [0.5, 0.6) is 11.5 Å². The van der Waals surface area contributed by atoms with Gasteiger partial charge in [-0.05, 0) is 6.07 Å². The van der Waals surface area contributed by atoms with Gasteiger partial charge < -0.3 is 14.8 Å². The van der Waals surface area contributed by atoms with Gasteiger partial charge in [0.05, 0.1) is 7.11 Å². The molecule has 1 aromatic rings. The van der Waals surface area contributed by atoms with Crippen molar-refractivity contribution >= 4 is 0 Å². The Morgan fingerprint density at radius 2 is 1.88 bits per heavy atom. The van der Waals surface area contributed by atoms with Crippen LogP contribution in [0, 0.1) is 0 Å². The molecule has 0 unspecified atom stereocenters. The number of rotatable bonds is 6. The highest BCUT2D eigenvalue weighted by atomic mass is 19.4. The van der Waals surface area contributed by atoms with Gasteiger partial charge in [-0.2, -0.15) is 0 Å². The van der Waals surface area contributed by atoms with Crippen molar-refractivity contribution in [2.75, 3.05) is 33.3 Å². The summed E-state index contributed by atoms with van der Waals surface area (Å²) >= 11 is 0. The first-order valence-electron chi connectivity index (χ1n) is 7.46. The van der Waals surface area contributed by atoms with Gasteiger partial charge in [0.1, 0.15) is 11.5 Å². The molecule has 1 aliphatic heterocycles. The minimum absolute atomic E-state index is 0.0981. The number of alkyl halides is 5. The van der Waals surface area contributed by atoms with Crippen LogP contribution >= 0.6 is 0 Å². The topological polar surface area (TPSA) is 33.7 Å². The second-order valence-corrected chi connectivity index (χ2v) is 5.38. The molecule has 4 nitrogen and oxygen atoms in total. The number of hydrogen-bond acceptors (Lipinski definition) is 4. The Labute approximate surface area is 136 Å². The Hall–Kier alpha value is -1.61. The zero-order chi connectivity index (χ0) is 17.7. The highest BCUT2D eigenvalue weighted by molar-refractivity contribution is 5.42. The van der Waals surface area contributed by atoms with Crippen molar-refractivity contribution in [1.29, 1.82) is 0 Å². The molecule has 1 aliphatic rings. The molecule has 2 rings (SSSR count). The van der Waals surface area contributed by atoms with Crippen LogP contribution < -0.4 is 14.8 Å². The van der Waals surface area contributed by atoms with E-state index in [0.29, 0.717) is 31.7 Å². The number of halogens is 5. The maximum Gasteiger partial charge on any atom is 0.573 e. The average molecular weight is 354 g/mol. The van der Waals surface area contributed by atoms with Gasteiger partial charge in [0.2, 0.25) is 6.43 Å². The van der Waals surface area contributed by atoms with Gasteiger partial charge in [-0.3, -0.25) is 4.90 Å². The van der Waals surface area contributed by atoms with Crippen molar-refractivity contribution in [1.82, 2.24) is 10.2 Å². The Morgan fingerprint density at radius 1 is 1.21 bits per heavy atom. The van der Waals surface area contributed by atoms with Gasteiger partial charge in [0, 0.05) is 50.3 Å². The van der Waals surface area contributed by atoms with E-state index < -0.39 is 31.0 Å². The lowest BCUT2D eigenvalue weighted by Gasteiger charge is -2.35. The predicted octanol–water partition coefficient (Wildman–Crippen LogP) is 3.20. The normalized spacial score (nSPS) is 17.8. The summed E-state index contributed by atoms with van der Waals surface area (Å²) < 4.78 is 72.0. The largest absolute Gasteiger partial charge is 0.573 e. The molecule has 1 heterocycles. The van der Waals surface area contributed by atoms with Gasteiger partial charge >= 0.3 is 6.36 Å².